The third-order valence-corrected chi connectivity index (χ3v) is 4.27. The summed E-state index contributed by atoms with van der Waals surface area (Å²) in [6.45, 7) is 2.20. The second-order valence-electron chi connectivity index (χ2n) is 4.29. The molecule has 1 aromatic heterocycles. The Labute approximate surface area is 100 Å². The lowest BCUT2D eigenvalue weighted by atomic mass is 10.0. The van der Waals surface area contributed by atoms with Crippen molar-refractivity contribution in [3.05, 3.63) is 63.4 Å². The Balaban J connectivity index is 1.91. The van der Waals surface area contributed by atoms with E-state index in [2.05, 4.69) is 48.7 Å². The Morgan fingerprint density at radius 3 is 2.88 bits per heavy atom. The van der Waals surface area contributed by atoms with Crippen LogP contribution in [0.15, 0.2) is 41.8 Å². The van der Waals surface area contributed by atoms with Crippen LogP contribution >= 0.6 is 11.3 Å². The molecule has 1 heteroatoms. The molecular weight excluding hydrogens is 212 g/mol. The molecule has 16 heavy (non-hydrogen) atoms. The highest BCUT2D eigenvalue weighted by Crippen LogP contribution is 2.31. The second-order valence-corrected chi connectivity index (χ2v) is 5.29. The number of allylic oxidation sites excluding steroid dienone is 2. The zero-order valence-electron chi connectivity index (χ0n) is 9.36. The summed E-state index contributed by atoms with van der Waals surface area (Å²) in [5.41, 5.74) is 5.86. The summed E-state index contributed by atoms with van der Waals surface area (Å²) in [6, 6.07) is 11.0. The fraction of sp³-hybridized carbons (Fsp3) is 0.200. The van der Waals surface area contributed by atoms with Crippen molar-refractivity contribution in [1.82, 2.24) is 0 Å². The lowest BCUT2D eigenvalue weighted by Crippen LogP contribution is -1.88. The van der Waals surface area contributed by atoms with Crippen molar-refractivity contribution in [3.63, 3.8) is 0 Å². The average Bonchev–Trinajstić information content (AvgIpc) is 2.88. The molecule has 0 nitrogen and oxygen atoms in total. The number of fused-ring (bicyclic) bond motifs is 1. The first-order chi connectivity index (χ1) is 7.84. The Morgan fingerprint density at radius 2 is 2.06 bits per heavy atom. The van der Waals surface area contributed by atoms with Crippen molar-refractivity contribution < 1.29 is 0 Å². The average molecular weight is 226 g/mol. The topological polar surface area (TPSA) is 0 Å². The summed E-state index contributed by atoms with van der Waals surface area (Å²) >= 11 is 1.87. The van der Waals surface area contributed by atoms with Gasteiger partial charge in [-0.1, -0.05) is 30.3 Å². The minimum absolute atomic E-state index is 1.10. The van der Waals surface area contributed by atoms with Crippen molar-refractivity contribution in [2.24, 2.45) is 0 Å². The first-order valence-electron chi connectivity index (χ1n) is 5.65. The summed E-state index contributed by atoms with van der Waals surface area (Å²) in [6.07, 6.45) is 4.58. The van der Waals surface area contributed by atoms with Crippen molar-refractivity contribution in [1.29, 1.82) is 0 Å². The van der Waals surface area contributed by atoms with Gasteiger partial charge in [-0.3, -0.25) is 0 Å². The van der Waals surface area contributed by atoms with Crippen molar-refractivity contribution >= 4 is 16.9 Å². The summed E-state index contributed by atoms with van der Waals surface area (Å²) in [5, 5.41) is 2.19. The van der Waals surface area contributed by atoms with E-state index in [1.54, 1.807) is 0 Å². The first-order valence-corrected chi connectivity index (χ1v) is 6.53. The number of hydrogen-bond acceptors (Lipinski definition) is 1. The predicted octanol–water partition coefficient (Wildman–Crippen LogP) is 4.24. The van der Waals surface area contributed by atoms with E-state index in [1.165, 1.54) is 27.1 Å². The molecule has 0 aliphatic heterocycles. The molecule has 0 bridgehead atoms. The van der Waals surface area contributed by atoms with Gasteiger partial charge >= 0.3 is 0 Å². The van der Waals surface area contributed by atoms with Gasteiger partial charge in [-0.15, -0.1) is 11.3 Å². The second kappa shape index (κ2) is 3.91. The standard InChI is InChI=1S/C15H14S/c1-11-8-9-16-15(11)10-13-7-6-12-4-2-3-5-14(12)13/h2-5,7-9H,6,10H2,1H3. The van der Waals surface area contributed by atoms with E-state index in [-0.39, 0.29) is 0 Å². The van der Waals surface area contributed by atoms with Crippen LogP contribution in [0.1, 0.15) is 21.6 Å². The van der Waals surface area contributed by atoms with Gasteiger partial charge in [-0.25, -0.2) is 0 Å². The molecule has 80 valence electrons. The molecule has 0 amide bonds. The minimum atomic E-state index is 1.10. The third-order valence-electron chi connectivity index (χ3n) is 3.25. The van der Waals surface area contributed by atoms with E-state index in [0.717, 1.165) is 12.8 Å². The van der Waals surface area contributed by atoms with Crippen LogP contribution < -0.4 is 0 Å². The molecule has 1 heterocycles. The third kappa shape index (κ3) is 1.61. The van der Waals surface area contributed by atoms with E-state index in [1.807, 2.05) is 11.3 Å². The quantitative estimate of drug-likeness (QED) is 0.718. The summed E-state index contributed by atoms with van der Waals surface area (Å²) in [4.78, 5) is 1.50. The van der Waals surface area contributed by atoms with Gasteiger partial charge in [0.15, 0.2) is 0 Å². The lowest BCUT2D eigenvalue weighted by Gasteiger charge is -2.05. The number of aryl methyl sites for hydroxylation is 1. The van der Waals surface area contributed by atoms with Crippen LogP contribution in [0.25, 0.3) is 5.57 Å². The van der Waals surface area contributed by atoms with Gasteiger partial charge in [0.1, 0.15) is 0 Å². The molecular formula is C15H14S. The molecule has 0 saturated heterocycles. The zero-order valence-corrected chi connectivity index (χ0v) is 10.2. The summed E-state index contributed by atoms with van der Waals surface area (Å²) < 4.78 is 0. The Kier molecular flexibility index (Phi) is 2.41. The van der Waals surface area contributed by atoms with E-state index < -0.39 is 0 Å². The Hall–Kier alpha value is -1.34. The molecule has 0 atom stereocenters. The molecule has 3 rings (SSSR count). The van der Waals surface area contributed by atoms with Gasteiger partial charge < -0.3 is 0 Å². The zero-order chi connectivity index (χ0) is 11.0. The van der Waals surface area contributed by atoms with E-state index in [4.69, 9.17) is 0 Å². The Bertz CT molecular complexity index is 546. The smallest absolute Gasteiger partial charge is 0.0118 e. The number of rotatable bonds is 2. The van der Waals surface area contributed by atoms with Gasteiger partial charge in [0, 0.05) is 11.3 Å². The van der Waals surface area contributed by atoms with E-state index in [9.17, 15) is 0 Å². The van der Waals surface area contributed by atoms with Gasteiger partial charge in [0.2, 0.25) is 0 Å². The van der Waals surface area contributed by atoms with E-state index in [0.29, 0.717) is 0 Å². The predicted molar refractivity (Wildman–Crippen MR) is 70.9 cm³/mol. The van der Waals surface area contributed by atoms with Crippen LogP contribution in [0.4, 0.5) is 0 Å². The van der Waals surface area contributed by atoms with Crippen LogP contribution in [0.2, 0.25) is 0 Å². The minimum Gasteiger partial charge on any atom is -0.148 e. The molecule has 0 fully saturated rings. The van der Waals surface area contributed by atoms with Crippen molar-refractivity contribution in [2.45, 2.75) is 19.8 Å². The molecule has 1 aliphatic carbocycles. The molecule has 0 N–H and O–H groups in total. The molecule has 2 aromatic rings. The maximum atomic E-state index is 2.38. The SMILES string of the molecule is Cc1ccsc1CC1=CCc2ccccc21. The Morgan fingerprint density at radius 1 is 1.19 bits per heavy atom. The van der Waals surface area contributed by atoms with Crippen LogP contribution in [0, 0.1) is 6.92 Å². The highest BCUT2D eigenvalue weighted by atomic mass is 32.1. The normalized spacial score (nSPS) is 13.7. The van der Waals surface area contributed by atoms with Crippen LogP contribution in [0.3, 0.4) is 0 Å². The number of hydrogen-bond donors (Lipinski definition) is 0. The lowest BCUT2D eigenvalue weighted by molar-refractivity contribution is 1.30. The summed E-state index contributed by atoms with van der Waals surface area (Å²) in [5.74, 6) is 0. The van der Waals surface area contributed by atoms with Crippen molar-refractivity contribution in [3.8, 4) is 0 Å². The molecule has 1 aromatic carbocycles. The summed E-state index contributed by atoms with van der Waals surface area (Å²) in [7, 11) is 0. The molecule has 0 unspecified atom stereocenters. The van der Waals surface area contributed by atoms with Crippen molar-refractivity contribution in [2.75, 3.05) is 0 Å². The number of benzene rings is 1. The molecule has 0 radical (unpaired) electrons. The highest BCUT2D eigenvalue weighted by Gasteiger charge is 2.14. The monoisotopic (exact) mass is 226 g/mol. The maximum Gasteiger partial charge on any atom is 0.0118 e. The maximum absolute atomic E-state index is 2.38. The highest BCUT2D eigenvalue weighted by molar-refractivity contribution is 7.10. The fourth-order valence-corrected chi connectivity index (χ4v) is 3.21. The van der Waals surface area contributed by atoms with Gasteiger partial charge in [-0.2, -0.15) is 0 Å². The first kappa shape index (κ1) is 9.86. The van der Waals surface area contributed by atoms with Crippen LogP contribution in [-0.4, -0.2) is 0 Å². The molecule has 1 aliphatic rings. The molecule has 0 spiro atoms. The number of thiophene rings is 1. The van der Waals surface area contributed by atoms with Gasteiger partial charge in [-0.05, 0) is 47.1 Å². The van der Waals surface area contributed by atoms with Crippen LogP contribution in [0.5, 0.6) is 0 Å². The van der Waals surface area contributed by atoms with Crippen LogP contribution in [-0.2, 0) is 12.8 Å². The fourth-order valence-electron chi connectivity index (χ4n) is 2.28. The largest absolute Gasteiger partial charge is 0.148 e. The van der Waals surface area contributed by atoms with Gasteiger partial charge in [0.05, 0.1) is 0 Å². The van der Waals surface area contributed by atoms with Gasteiger partial charge in [0.25, 0.3) is 0 Å². The van der Waals surface area contributed by atoms with E-state index >= 15 is 0 Å². The molecule has 0 saturated carbocycles.